The van der Waals surface area contributed by atoms with Gasteiger partial charge in [-0.15, -0.1) is 0 Å². The number of hydrogen-bond donors (Lipinski definition) is 2. The third kappa shape index (κ3) is 7.71. The molecule has 0 spiro atoms. The number of nitrogens with two attached hydrogens (primary N) is 1. The Morgan fingerprint density at radius 2 is 1.76 bits per heavy atom. The van der Waals surface area contributed by atoms with E-state index in [0.717, 1.165) is 6.42 Å². The smallest absolute Gasteiger partial charge is 0.405 e. The van der Waals surface area contributed by atoms with Gasteiger partial charge in [-0.05, 0) is 44.6 Å². The maximum absolute atomic E-state index is 13.6. The zero-order chi connectivity index (χ0) is 31.1. The Bertz CT molecular complexity index is 1270. The molecule has 11 heteroatoms. The molecule has 1 aliphatic carbocycles. The molecule has 1 fully saturated rings. The first-order valence-corrected chi connectivity index (χ1v) is 14.1. The van der Waals surface area contributed by atoms with Crippen LogP contribution in [0.1, 0.15) is 47.0 Å². The van der Waals surface area contributed by atoms with Crippen molar-refractivity contribution in [2.45, 2.75) is 65.3 Å². The van der Waals surface area contributed by atoms with Gasteiger partial charge in [0.2, 0.25) is 11.6 Å². The minimum atomic E-state index is -1.01. The number of Topliss-reactive ketones (excluding diaryl/α,β-unsaturated/α-hetero) is 2. The molecule has 3 rings (SSSR count). The molecule has 2 bridgehead atoms. The lowest BCUT2D eigenvalue weighted by atomic mass is 9.85. The summed E-state index contributed by atoms with van der Waals surface area (Å²) in [5, 5.41) is 2.59. The number of hydrogen-bond acceptors (Lipinski definition) is 9. The normalized spacial score (nSPS) is 31.7. The molecule has 2 aliphatic heterocycles. The van der Waals surface area contributed by atoms with Crippen molar-refractivity contribution in [3.05, 3.63) is 58.5 Å². The number of carbonyl (C=O) groups is 5. The number of primary amides is 1. The molecule has 0 saturated carbocycles. The monoisotopic (exact) mass is 583 g/mol. The van der Waals surface area contributed by atoms with E-state index in [-0.39, 0.29) is 35.2 Å². The van der Waals surface area contributed by atoms with Crippen LogP contribution in [0.3, 0.4) is 0 Å². The van der Waals surface area contributed by atoms with Gasteiger partial charge in [0.25, 0.3) is 5.91 Å². The van der Waals surface area contributed by atoms with E-state index < -0.39 is 42.0 Å². The summed E-state index contributed by atoms with van der Waals surface area (Å²) in [4.78, 5) is 66.9. The number of fused-ring (bicyclic) bond motifs is 2. The predicted molar refractivity (Wildman–Crippen MR) is 155 cm³/mol. The average molecular weight is 584 g/mol. The predicted octanol–water partition coefficient (Wildman–Crippen LogP) is 2.68. The average Bonchev–Trinajstić information content (AvgIpc) is 2.90. The van der Waals surface area contributed by atoms with Crippen LogP contribution in [0.2, 0.25) is 0 Å². The largest absolute Gasteiger partial charge is 0.439 e. The first-order chi connectivity index (χ1) is 19.9. The fourth-order valence-electron chi connectivity index (χ4n) is 5.30. The summed E-state index contributed by atoms with van der Waals surface area (Å²) in [6.07, 6.45) is 5.39. The summed E-state index contributed by atoms with van der Waals surface area (Å²) in [5.74, 6) is -2.34. The van der Waals surface area contributed by atoms with Crippen LogP contribution in [-0.2, 0) is 33.4 Å². The highest BCUT2D eigenvalue weighted by Crippen LogP contribution is 2.31. The number of amides is 2. The summed E-state index contributed by atoms with van der Waals surface area (Å²) in [5.41, 5.74) is 6.72. The Morgan fingerprint density at radius 1 is 1.07 bits per heavy atom. The minimum absolute atomic E-state index is 0.0939. The number of rotatable bonds is 4. The van der Waals surface area contributed by atoms with Crippen LogP contribution in [0.15, 0.2) is 58.5 Å². The standard InChI is InChI=1S/C31H41N3O8/c1-17-13-21-26(34-11-8-12-34)23(35)16-22(28(21)37)33-30(38)18(2)9-7-10-24(40-5)29(42-31(32)39)20(4)15-19(3)27(36)25(14-17)41-6/h7,9-10,15-17,19,24-25,29H,8,11-14H2,1-6H3,(H2,32,39)(H,33,38)/b10-7+,18-9-,20-15+/t17-,19+,24+,25+,29+/m1/s1. The number of ketones is 3. The van der Waals surface area contributed by atoms with Crippen molar-refractivity contribution in [2.24, 2.45) is 17.6 Å². The molecule has 2 amide bonds. The quantitative estimate of drug-likeness (QED) is 0.375. The summed E-state index contributed by atoms with van der Waals surface area (Å²) in [7, 11) is 2.87. The number of nitrogens with zero attached hydrogens (tertiary/aromatic N) is 1. The van der Waals surface area contributed by atoms with Crippen molar-refractivity contribution in [2.75, 3.05) is 27.3 Å². The second-order valence-electron chi connectivity index (χ2n) is 11.0. The molecule has 0 radical (unpaired) electrons. The minimum Gasteiger partial charge on any atom is -0.439 e. The zero-order valence-corrected chi connectivity index (χ0v) is 25.1. The highest BCUT2D eigenvalue weighted by molar-refractivity contribution is 6.23. The SMILES string of the molecule is CO[C@H]1C[C@H](C)CC2=C(N3CCC3)C(=O)C=C(NC(=O)/C(C)=C\C=C\[C@H](OC)[C@@H](OC(N)=O)/C(C)=C/[C@H](C)C1=O)C2=O. The van der Waals surface area contributed by atoms with Gasteiger partial charge in [-0.25, -0.2) is 4.79 Å². The van der Waals surface area contributed by atoms with E-state index in [0.29, 0.717) is 36.4 Å². The number of carbonyl (C=O) groups excluding carboxylic acids is 5. The maximum atomic E-state index is 13.6. The lowest BCUT2D eigenvalue weighted by molar-refractivity contribution is -0.132. The Hall–Kier alpha value is -3.83. The van der Waals surface area contributed by atoms with E-state index in [2.05, 4.69) is 5.32 Å². The summed E-state index contributed by atoms with van der Waals surface area (Å²) >= 11 is 0. The van der Waals surface area contributed by atoms with Gasteiger partial charge in [0.05, 0.1) is 11.4 Å². The van der Waals surface area contributed by atoms with E-state index in [1.165, 1.54) is 26.4 Å². The number of nitrogens with one attached hydrogen (secondary N) is 1. The van der Waals surface area contributed by atoms with Crippen LogP contribution in [0, 0.1) is 11.8 Å². The van der Waals surface area contributed by atoms with Gasteiger partial charge >= 0.3 is 6.09 Å². The van der Waals surface area contributed by atoms with Crippen molar-refractivity contribution in [1.82, 2.24) is 10.2 Å². The third-order valence-corrected chi connectivity index (χ3v) is 7.73. The molecular weight excluding hydrogens is 542 g/mol. The molecular formula is C31H41N3O8. The number of ether oxygens (including phenoxy) is 3. The van der Waals surface area contributed by atoms with Gasteiger partial charge in [-0.2, -0.15) is 0 Å². The summed E-state index contributed by atoms with van der Waals surface area (Å²) < 4.78 is 16.5. The van der Waals surface area contributed by atoms with Crippen molar-refractivity contribution in [3.8, 4) is 0 Å². The van der Waals surface area contributed by atoms with Crippen molar-refractivity contribution in [1.29, 1.82) is 0 Å². The van der Waals surface area contributed by atoms with Gasteiger partial charge in [-0.3, -0.25) is 19.2 Å². The van der Waals surface area contributed by atoms with E-state index in [1.54, 1.807) is 39.0 Å². The highest BCUT2D eigenvalue weighted by Gasteiger charge is 2.36. The zero-order valence-electron chi connectivity index (χ0n) is 25.1. The van der Waals surface area contributed by atoms with E-state index in [1.807, 2.05) is 11.8 Å². The van der Waals surface area contributed by atoms with E-state index >= 15 is 0 Å². The van der Waals surface area contributed by atoms with Crippen LogP contribution in [0.5, 0.6) is 0 Å². The fraction of sp³-hybridized carbons (Fsp3) is 0.516. The number of allylic oxidation sites excluding steroid dienone is 5. The molecule has 228 valence electrons. The fourth-order valence-corrected chi connectivity index (χ4v) is 5.30. The Labute approximate surface area is 246 Å². The van der Waals surface area contributed by atoms with Gasteiger partial charge in [-0.1, -0.05) is 38.2 Å². The Morgan fingerprint density at radius 3 is 2.33 bits per heavy atom. The second-order valence-corrected chi connectivity index (χ2v) is 11.0. The molecule has 1 saturated heterocycles. The molecule has 0 aromatic rings. The lowest BCUT2D eigenvalue weighted by Crippen LogP contribution is -2.43. The number of methoxy groups -OCH3 is 2. The molecule has 42 heavy (non-hydrogen) atoms. The molecule has 11 nitrogen and oxygen atoms in total. The maximum Gasteiger partial charge on any atom is 0.405 e. The summed E-state index contributed by atoms with van der Waals surface area (Å²) in [6.45, 7) is 8.21. The second kappa shape index (κ2) is 14.4. The van der Waals surface area contributed by atoms with Gasteiger partial charge < -0.3 is 30.2 Å². The molecule has 0 unspecified atom stereocenters. The van der Waals surface area contributed by atoms with Crippen LogP contribution in [0.25, 0.3) is 0 Å². The first kappa shape index (κ1) is 32.7. The molecule has 0 aromatic carbocycles. The molecule has 3 N–H and O–H groups in total. The Kier molecular flexibility index (Phi) is 11.2. The number of likely N-dealkylation sites (tertiary alicyclic amines) is 1. The van der Waals surface area contributed by atoms with Crippen LogP contribution in [0.4, 0.5) is 4.79 Å². The van der Waals surface area contributed by atoms with Gasteiger partial charge in [0.15, 0.2) is 11.9 Å². The Balaban J connectivity index is 2.07. The van der Waals surface area contributed by atoms with Crippen molar-refractivity contribution >= 4 is 29.4 Å². The highest BCUT2D eigenvalue weighted by atomic mass is 16.6. The lowest BCUT2D eigenvalue weighted by Gasteiger charge is -2.37. The van der Waals surface area contributed by atoms with Crippen LogP contribution in [-0.4, -0.2) is 79.9 Å². The molecule has 3 aliphatic rings. The van der Waals surface area contributed by atoms with E-state index in [9.17, 15) is 24.0 Å². The van der Waals surface area contributed by atoms with Crippen LogP contribution < -0.4 is 11.1 Å². The van der Waals surface area contributed by atoms with Gasteiger partial charge in [0, 0.05) is 50.4 Å². The van der Waals surface area contributed by atoms with Crippen LogP contribution >= 0.6 is 0 Å². The van der Waals surface area contributed by atoms with Crippen molar-refractivity contribution < 1.29 is 38.2 Å². The van der Waals surface area contributed by atoms with Gasteiger partial charge in [0.1, 0.15) is 12.2 Å². The molecule has 2 heterocycles. The summed E-state index contributed by atoms with van der Waals surface area (Å²) in [6, 6.07) is 0. The first-order valence-electron chi connectivity index (χ1n) is 14.1. The van der Waals surface area contributed by atoms with Crippen molar-refractivity contribution in [3.63, 3.8) is 0 Å². The molecule has 5 atom stereocenters. The van der Waals surface area contributed by atoms with E-state index in [4.69, 9.17) is 19.9 Å². The third-order valence-electron chi connectivity index (χ3n) is 7.73. The topological polar surface area (TPSA) is 154 Å². The molecule has 0 aromatic heterocycles.